The Morgan fingerprint density at radius 3 is 2.47 bits per heavy atom. The molecule has 0 bridgehead atoms. The fourth-order valence-electron chi connectivity index (χ4n) is 2.90. The van der Waals surface area contributed by atoms with E-state index in [-0.39, 0.29) is 18.3 Å². The lowest BCUT2D eigenvalue weighted by Crippen LogP contribution is -2.50. The van der Waals surface area contributed by atoms with E-state index in [0.29, 0.717) is 25.0 Å². The fourth-order valence-corrected chi connectivity index (χ4v) is 3.91. The number of alkyl carbamates (subject to hydrolysis) is 1. The van der Waals surface area contributed by atoms with Gasteiger partial charge in [-0.1, -0.05) is 26.2 Å². The van der Waals surface area contributed by atoms with E-state index in [4.69, 9.17) is 4.74 Å². The molecule has 30 heavy (non-hydrogen) atoms. The van der Waals surface area contributed by atoms with Crippen LogP contribution in [0.2, 0.25) is 0 Å². The van der Waals surface area contributed by atoms with Crippen LogP contribution in [0.25, 0.3) is 0 Å². The molecule has 1 saturated carbocycles. The monoisotopic (exact) mass is 447 g/mol. The van der Waals surface area contributed by atoms with Gasteiger partial charge in [0.25, 0.3) is 0 Å². The first-order valence-corrected chi connectivity index (χ1v) is 12.6. The molecule has 1 aliphatic rings. The van der Waals surface area contributed by atoms with Crippen LogP contribution in [0, 0.1) is 5.92 Å². The quantitative estimate of drug-likeness (QED) is 0.268. The lowest BCUT2D eigenvalue weighted by atomic mass is 9.86. The molecule has 1 atom stereocenters. The Morgan fingerprint density at radius 2 is 1.93 bits per heavy atom. The Labute approximate surface area is 182 Å². The summed E-state index contributed by atoms with van der Waals surface area (Å²) in [6, 6.07) is -0.0444. The third kappa shape index (κ3) is 12.2. The fraction of sp³-hybridized carbons (Fsp3) is 0.900. The number of hydrogen-bond acceptors (Lipinski definition) is 5. The molecule has 1 rings (SSSR count). The summed E-state index contributed by atoms with van der Waals surface area (Å²) in [6.45, 7) is 8.73. The molecule has 1 fully saturated rings. The standard InChI is InChI=1S/C20H41N5O4S/c1-6-7-11-17(15-23-19(26)29-20(2,3)4)25-18(21-5)22-12-13-30(27,28)24-14-16-9-8-10-16/h16-17,24H,6-15H2,1-5H3,(H,23,26)(H2,21,22,25). The lowest BCUT2D eigenvalue weighted by molar-refractivity contribution is 0.0522. The summed E-state index contributed by atoms with van der Waals surface area (Å²) < 4.78 is 32.2. The minimum atomic E-state index is -3.31. The average Bonchev–Trinajstić information content (AvgIpc) is 2.59. The summed E-state index contributed by atoms with van der Waals surface area (Å²) in [5.41, 5.74) is -0.549. The van der Waals surface area contributed by atoms with Gasteiger partial charge in [-0.05, 0) is 46.0 Å². The van der Waals surface area contributed by atoms with Gasteiger partial charge in [-0.25, -0.2) is 17.9 Å². The summed E-state index contributed by atoms with van der Waals surface area (Å²) in [7, 11) is -1.67. The number of hydrogen-bond donors (Lipinski definition) is 4. The van der Waals surface area contributed by atoms with Gasteiger partial charge in [0, 0.05) is 32.7 Å². The van der Waals surface area contributed by atoms with Gasteiger partial charge < -0.3 is 20.7 Å². The van der Waals surface area contributed by atoms with Crippen LogP contribution in [0.15, 0.2) is 4.99 Å². The van der Waals surface area contributed by atoms with E-state index >= 15 is 0 Å². The molecule has 1 amide bonds. The summed E-state index contributed by atoms with van der Waals surface area (Å²) in [5.74, 6) is 0.978. The average molecular weight is 448 g/mol. The first-order chi connectivity index (χ1) is 14.0. The van der Waals surface area contributed by atoms with Crippen molar-refractivity contribution >= 4 is 22.1 Å². The Kier molecular flexibility index (Phi) is 11.5. The van der Waals surface area contributed by atoms with Crippen molar-refractivity contribution in [1.29, 1.82) is 0 Å². The number of amides is 1. The molecule has 10 heteroatoms. The van der Waals surface area contributed by atoms with Crippen molar-refractivity contribution in [3.63, 3.8) is 0 Å². The molecule has 0 radical (unpaired) electrons. The highest BCUT2D eigenvalue weighted by Gasteiger charge is 2.21. The predicted molar refractivity (Wildman–Crippen MR) is 121 cm³/mol. The highest BCUT2D eigenvalue weighted by molar-refractivity contribution is 7.89. The van der Waals surface area contributed by atoms with Gasteiger partial charge in [0.1, 0.15) is 5.60 Å². The molecule has 0 aromatic heterocycles. The first kappa shape index (κ1) is 26.5. The maximum Gasteiger partial charge on any atom is 0.407 e. The minimum absolute atomic E-state index is 0.0177. The van der Waals surface area contributed by atoms with E-state index in [9.17, 15) is 13.2 Å². The first-order valence-electron chi connectivity index (χ1n) is 11.0. The number of ether oxygens (including phenoxy) is 1. The molecular formula is C20H41N5O4S. The van der Waals surface area contributed by atoms with Crippen LogP contribution in [0.4, 0.5) is 4.79 Å². The molecule has 0 heterocycles. The number of aliphatic imine (C=N–C) groups is 1. The molecule has 176 valence electrons. The highest BCUT2D eigenvalue weighted by Crippen LogP contribution is 2.25. The number of guanidine groups is 1. The van der Waals surface area contributed by atoms with Crippen molar-refractivity contribution < 1.29 is 17.9 Å². The topological polar surface area (TPSA) is 121 Å². The van der Waals surface area contributed by atoms with Gasteiger partial charge in [-0.15, -0.1) is 0 Å². The van der Waals surface area contributed by atoms with E-state index in [1.807, 2.05) is 20.8 Å². The van der Waals surface area contributed by atoms with Crippen LogP contribution >= 0.6 is 0 Å². The molecular weight excluding hydrogens is 406 g/mol. The van der Waals surface area contributed by atoms with Crippen LogP contribution in [-0.4, -0.2) is 64.5 Å². The van der Waals surface area contributed by atoms with Crippen molar-refractivity contribution in [3.05, 3.63) is 0 Å². The second kappa shape index (κ2) is 13.0. The maximum atomic E-state index is 12.1. The van der Waals surface area contributed by atoms with Crippen LogP contribution < -0.4 is 20.7 Å². The van der Waals surface area contributed by atoms with Gasteiger partial charge in [0.15, 0.2) is 5.96 Å². The zero-order valence-corrected chi connectivity index (χ0v) is 20.0. The SMILES string of the molecule is CCCCC(CNC(=O)OC(C)(C)C)NC(=NC)NCCS(=O)(=O)NCC1CCC1. The van der Waals surface area contributed by atoms with E-state index < -0.39 is 21.7 Å². The number of sulfonamides is 1. The van der Waals surface area contributed by atoms with E-state index in [1.165, 1.54) is 6.42 Å². The lowest BCUT2D eigenvalue weighted by Gasteiger charge is -2.25. The van der Waals surface area contributed by atoms with Crippen LogP contribution in [0.3, 0.4) is 0 Å². The summed E-state index contributed by atoms with van der Waals surface area (Å²) in [6.07, 6.45) is 5.80. The second-order valence-electron chi connectivity index (χ2n) is 8.83. The summed E-state index contributed by atoms with van der Waals surface area (Å²) in [4.78, 5) is 16.1. The third-order valence-corrected chi connectivity index (χ3v) is 6.19. The number of carbonyl (C=O) groups excluding carboxylic acids is 1. The molecule has 9 nitrogen and oxygen atoms in total. The van der Waals surface area contributed by atoms with Crippen molar-refractivity contribution in [2.24, 2.45) is 10.9 Å². The van der Waals surface area contributed by atoms with Crippen LogP contribution in [-0.2, 0) is 14.8 Å². The number of rotatable bonds is 12. The van der Waals surface area contributed by atoms with Gasteiger partial charge in [-0.2, -0.15) is 0 Å². The Balaban J connectivity index is 2.43. The normalized spacial score (nSPS) is 16.5. The molecule has 0 aliphatic heterocycles. The number of unbranched alkanes of at least 4 members (excludes halogenated alkanes) is 1. The van der Waals surface area contributed by atoms with Gasteiger partial charge in [-0.3, -0.25) is 4.99 Å². The van der Waals surface area contributed by atoms with Crippen LogP contribution in [0.1, 0.15) is 66.2 Å². The maximum absolute atomic E-state index is 12.1. The molecule has 0 aromatic rings. The van der Waals surface area contributed by atoms with E-state index in [1.54, 1.807) is 7.05 Å². The van der Waals surface area contributed by atoms with Crippen molar-refractivity contribution in [2.75, 3.05) is 32.4 Å². The van der Waals surface area contributed by atoms with Crippen molar-refractivity contribution in [2.45, 2.75) is 77.9 Å². The Hall–Kier alpha value is -1.55. The Bertz CT molecular complexity index is 642. The zero-order valence-electron chi connectivity index (χ0n) is 19.2. The largest absolute Gasteiger partial charge is 0.444 e. The molecule has 4 N–H and O–H groups in total. The second-order valence-corrected chi connectivity index (χ2v) is 10.8. The van der Waals surface area contributed by atoms with Gasteiger partial charge in [0.2, 0.25) is 10.0 Å². The van der Waals surface area contributed by atoms with E-state index in [2.05, 4.69) is 32.6 Å². The minimum Gasteiger partial charge on any atom is -0.444 e. The van der Waals surface area contributed by atoms with Crippen molar-refractivity contribution in [3.8, 4) is 0 Å². The predicted octanol–water partition coefficient (Wildman–Crippen LogP) is 1.95. The summed E-state index contributed by atoms with van der Waals surface area (Å²) >= 11 is 0. The zero-order chi connectivity index (χ0) is 22.6. The third-order valence-electron chi connectivity index (χ3n) is 4.84. The summed E-state index contributed by atoms with van der Waals surface area (Å²) in [5, 5.41) is 9.10. The number of nitrogens with one attached hydrogen (secondary N) is 4. The van der Waals surface area contributed by atoms with E-state index in [0.717, 1.165) is 32.1 Å². The number of carbonyl (C=O) groups is 1. The Morgan fingerprint density at radius 1 is 1.23 bits per heavy atom. The van der Waals surface area contributed by atoms with Crippen LogP contribution in [0.5, 0.6) is 0 Å². The molecule has 0 aromatic carbocycles. The van der Waals surface area contributed by atoms with Gasteiger partial charge >= 0.3 is 6.09 Å². The number of nitrogens with zero attached hydrogens (tertiary/aromatic N) is 1. The molecule has 1 aliphatic carbocycles. The molecule has 1 unspecified atom stereocenters. The molecule has 0 spiro atoms. The smallest absolute Gasteiger partial charge is 0.407 e. The highest BCUT2D eigenvalue weighted by atomic mass is 32.2. The van der Waals surface area contributed by atoms with Crippen molar-refractivity contribution in [1.82, 2.24) is 20.7 Å². The van der Waals surface area contributed by atoms with Gasteiger partial charge in [0.05, 0.1) is 5.75 Å². The molecule has 0 saturated heterocycles.